The molecule has 3 nitrogen and oxygen atoms in total. The maximum Gasteiger partial charge on any atom is 0.368 e. The Labute approximate surface area is 86.4 Å². The van der Waals surface area contributed by atoms with Gasteiger partial charge in [-0.1, -0.05) is 0 Å². The van der Waals surface area contributed by atoms with Crippen LogP contribution >= 0.6 is 0 Å². The highest BCUT2D eigenvalue weighted by molar-refractivity contribution is 5.51. The second kappa shape index (κ2) is 3.65. The van der Waals surface area contributed by atoms with E-state index in [-0.39, 0.29) is 5.82 Å². The molecule has 0 saturated carbocycles. The maximum absolute atomic E-state index is 12.7. The molecule has 2 rings (SSSR count). The van der Waals surface area contributed by atoms with Crippen molar-refractivity contribution in [3.8, 4) is 11.4 Å². The molecule has 0 atom stereocenters. The number of rotatable bonds is 1. The Morgan fingerprint density at radius 2 is 1.87 bits per heavy atom. The van der Waals surface area contributed by atoms with Crippen molar-refractivity contribution >= 4 is 0 Å². The van der Waals surface area contributed by atoms with Crippen molar-refractivity contribution < 1.29 is 14.3 Å². The van der Waals surface area contributed by atoms with Gasteiger partial charge in [0.25, 0.3) is 0 Å². The van der Waals surface area contributed by atoms with E-state index in [1.165, 1.54) is 12.1 Å². The molecule has 1 heterocycles. The lowest BCUT2D eigenvalue weighted by Gasteiger charge is -1.98. The molecule has 0 radical (unpaired) electrons. The van der Waals surface area contributed by atoms with Crippen molar-refractivity contribution in [3.63, 3.8) is 0 Å². The molecule has 0 aliphatic heterocycles. The van der Waals surface area contributed by atoms with E-state index in [0.717, 1.165) is 4.73 Å². The zero-order valence-corrected chi connectivity index (χ0v) is 8.18. The molecule has 1 N–H and O–H groups in total. The van der Waals surface area contributed by atoms with Crippen molar-refractivity contribution in [3.05, 3.63) is 48.0 Å². The van der Waals surface area contributed by atoms with Gasteiger partial charge in [-0.2, -0.15) is 0 Å². The third-order valence-electron chi connectivity index (χ3n) is 2.15. The minimum Gasteiger partial charge on any atom is -0.349 e. The highest BCUT2D eigenvalue weighted by atomic mass is 19.1. The van der Waals surface area contributed by atoms with Crippen LogP contribution in [0.1, 0.15) is 5.69 Å². The molecule has 0 saturated heterocycles. The first-order chi connectivity index (χ1) is 7.18. The fourth-order valence-corrected chi connectivity index (χ4v) is 1.30. The number of nitrogens with zero attached hydrogens (tertiary/aromatic N) is 2. The summed E-state index contributed by atoms with van der Waals surface area (Å²) in [5.74, 6) is 0.0888. The van der Waals surface area contributed by atoms with Crippen LogP contribution in [0.2, 0.25) is 0 Å². The molecule has 0 aliphatic carbocycles. The Balaban J connectivity index is 2.54. The number of hydrogen-bond donors (Lipinski definition) is 1. The van der Waals surface area contributed by atoms with Crippen LogP contribution in [-0.2, 0) is 0 Å². The zero-order chi connectivity index (χ0) is 10.8. The first-order valence-electron chi connectivity index (χ1n) is 4.51. The van der Waals surface area contributed by atoms with Gasteiger partial charge in [-0.3, -0.25) is 0 Å². The molecule has 1 aromatic heterocycles. The van der Waals surface area contributed by atoms with E-state index >= 15 is 0 Å². The Morgan fingerprint density at radius 1 is 1.20 bits per heavy atom. The zero-order valence-electron chi connectivity index (χ0n) is 8.18. The summed E-state index contributed by atoms with van der Waals surface area (Å²) in [5.41, 5.74) is 1.34. The maximum atomic E-state index is 12.7. The summed E-state index contributed by atoms with van der Waals surface area (Å²) in [6.07, 6.45) is 1.60. The van der Waals surface area contributed by atoms with Gasteiger partial charge in [0.1, 0.15) is 12.0 Å². The van der Waals surface area contributed by atoms with Crippen LogP contribution in [0.25, 0.3) is 11.4 Å². The summed E-state index contributed by atoms with van der Waals surface area (Å²) < 4.78 is 13.7. The van der Waals surface area contributed by atoms with Gasteiger partial charge >= 0.3 is 5.82 Å². The Morgan fingerprint density at radius 3 is 2.53 bits per heavy atom. The summed E-state index contributed by atoms with van der Waals surface area (Å²) in [7, 11) is 0. The molecule has 4 heteroatoms. The van der Waals surface area contributed by atoms with Crippen molar-refractivity contribution in [1.29, 1.82) is 0 Å². The summed E-state index contributed by atoms with van der Waals surface area (Å²) >= 11 is 0. The summed E-state index contributed by atoms with van der Waals surface area (Å²) in [6, 6.07) is 7.50. The van der Waals surface area contributed by atoms with E-state index in [1.54, 1.807) is 31.3 Å². The summed E-state index contributed by atoms with van der Waals surface area (Å²) in [6.45, 7) is 1.76. The second-order valence-electron chi connectivity index (χ2n) is 3.23. The smallest absolute Gasteiger partial charge is 0.349 e. The van der Waals surface area contributed by atoms with Gasteiger partial charge in [0.05, 0.1) is 5.56 Å². The van der Waals surface area contributed by atoms with Crippen LogP contribution in [0.4, 0.5) is 4.39 Å². The number of aryl methyl sites for hydroxylation is 1. The highest BCUT2D eigenvalue weighted by Crippen LogP contribution is 2.13. The topological polar surface area (TPSA) is 37.0 Å². The average molecular weight is 205 g/mol. The van der Waals surface area contributed by atoms with Crippen LogP contribution < -0.4 is 4.73 Å². The van der Waals surface area contributed by atoms with Crippen molar-refractivity contribution in [2.75, 3.05) is 0 Å². The molecular formula is C11H10FN2O+. The Kier molecular flexibility index (Phi) is 2.33. The van der Waals surface area contributed by atoms with Gasteiger partial charge in [-0.25, -0.2) is 4.39 Å². The number of hydrogen-bond acceptors (Lipinski definition) is 2. The lowest BCUT2D eigenvalue weighted by atomic mass is 10.2. The Bertz CT molecular complexity index is 482. The second-order valence-corrected chi connectivity index (χ2v) is 3.23. The first kappa shape index (κ1) is 9.58. The molecule has 2 aromatic rings. The minimum atomic E-state index is -0.309. The van der Waals surface area contributed by atoms with E-state index in [1.807, 2.05) is 0 Å². The largest absolute Gasteiger partial charge is 0.368 e. The van der Waals surface area contributed by atoms with Gasteiger partial charge in [-0.05, 0) is 34.0 Å². The fraction of sp³-hybridized carbons (Fsp3) is 0.0909. The average Bonchev–Trinajstić information content (AvgIpc) is 2.24. The number of benzene rings is 1. The normalized spacial score (nSPS) is 10.3. The predicted octanol–water partition coefficient (Wildman–Crippen LogP) is 1.72. The van der Waals surface area contributed by atoms with Gasteiger partial charge in [0, 0.05) is 13.0 Å². The number of halogens is 1. The van der Waals surface area contributed by atoms with Crippen LogP contribution in [0, 0.1) is 12.7 Å². The van der Waals surface area contributed by atoms with Crippen LogP contribution in [0.15, 0.2) is 36.5 Å². The summed E-state index contributed by atoms with van der Waals surface area (Å²) in [5, 5.41) is 9.68. The van der Waals surface area contributed by atoms with E-state index in [2.05, 4.69) is 4.98 Å². The van der Waals surface area contributed by atoms with E-state index in [0.29, 0.717) is 17.1 Å². The Hall–Kier alpha value is -1.97. The number of aromatic nitrogens is 2. The van der Waals surface area contributed by atoms with Gasteiger partial charge in [-0.15, -0.1) is 0 Å². The van der Waals surface area contributed by atoms with E-state index < -0.39 is 0 Å². The molecule has 0 spiro atoms. The molecule has 0 bridgehead atoms. The fourth-order valence-electron chi connectivity index (χ4n) is 1.30. The predicted molar refractivity (Wildman–Crippen MR) is 51.7 cm³/mol. The molecular weight excluding hydrogens is 195 g/mol. The van der Waals surface area contributed by atoms with Crippen LogP contribution in [0.3, 0.4) is 0 Å². The highest BCUT2D eigenvalue weighted by Gasteiger charge is 2.15. The monoisotopic (exact) mass is 205 g/mol. The molecule has 0 fully saturated rings. The molecule has 76 valence electrons. The van der Waals surface area contributed by atoms with Crippen molar-refractivity contribution in [2.45, 2.75) is 6.92 Å². The minimum absolute atomic E-state index is 0.309. The molecule has 0 unspecified atom stereocenters. The van der Waals surface area contributed by atoms with Gasteiger partial charge < -0.3 is 5.21 Å². The van der Waals surface area contributed by atoms with E-state index in [9.17, 15) is 9.60 Å². The molecule has 1 aromatic carbocycles. The van der Waals surface area contributed by atoms with Gasteiger partial charge in [0.2, 0.25) is 0 Å². The lowest BCUT2D eigenvalue weighted by molar-refractivity contribution is -0.901. The third kappa shape index (κ3) is 1.79. The van der Waals surface area contributed by atoms with Gasteiger partial charge in [0.15, 0.2) is 5.69 Å². The quantitative estimate of drug-likeness (QED) is 0.568. The van der Waals surface area contributed by atoms with Crippen LogP contribution in [0.5, 0.6) is 0 Å². The van der Waals surface area contributed by atoms with Crippen molar-refractivity contribution in [2.24, 2.45) is 0 Å². The molecule has 0 aliphatic rings. The molecule has 15 heavy (non-hydrogen) atoms. The first-order valence-corrected chi connectivity index (χ1v) is 4.51. The standard InChI is InChI=1S/C11H10FN2O/c1-8-6-7-13-11(14(8)15)9-2-4-10(12)5-3-9/h2-7,15H,1H3/q+1. The van der Waals surface area contributed by atoms with Crippen molar-refractivity contribution in [1.82, 2.24) is 4.98 Å². The van der Waals surface area contributed by atoms with Crippen LogP contribution in [-0.4, -0.2) is 10.2 Å². The molecule has 0 amide bonds. The third-order valence-corrected chi connectivity index (χ3v) is 2.15. The van der Waals surface area contributed by atoms with E-state index in [4.69, 9.17) is 0 Å². The summed E-state index contributed by atoms with van der Waals surface area (Å²) in [4.78, 5) is 4.03. The SMILES string of the molecule is Cc1ccnc(-c2ccc(F)cc2)[n+]1O. The lowest BCUT2D eigenvalue weighted by Crippen LogP contribution is -2.37.